The van der Waals surface area contributed by atoms with Gasteiger partial charge in [-0.1, -0.05) is 0 Å². The smallest absolute Gasteiger partial charge is 0.316 e. The van der Waals surface area contributed by atoms with Crippen molar-refractivity contribution in [1.82, 2.24) is 25.5 Å². The molecule has 126 valence electrons. The van der Waals surface area contributed by atoms with Gasteiger partial charge in [0.1, 0.15) is 11.8 Å². The maximum Gasteiger partial charge on any atom is 0.316 e. The SMILES string of the molecule is O=C(NC1CCC(Oc2ncc(F)cn2)CC1)c1ccc(=O)[nH]n1. The summed E-state index contributed by atoms with van der Waals surface area (Å²) in [4.78, 5) is 30.5. The number of halogens is 1. The van der Waals surface area contributed by atoms with Crippen LogP contribution in [-0.2, 0) is 0 Å². The van der Waals surface area contributed by atoms with Crippen molar-refractivity contribution in [2.24, 2.45) is 0 Å². The van der Waals surface area contributed by atoms with Gasteiger partial charge in [0, 0.05) is 12.1 Å². The van der Waals surface area contributed by atoms with Gasteiger partial charge in [0.05, 0.1) is 12.4 Å². The van der Waals surface area contributed by atoms with Crippen molar-refractivity contribution in [1.29, 1.82) is 0 Å². The minimum atomic E-state index is -0.510. The van der Waals surface area contributed by atoms with E-state index in [1.54, 1.807) is 0 Å². The molecule has 0 bridgehead atoms. The van der Waals surface area contributed by atoms with E-state index in [-0.39, 0.29) is 35.3 Å². The predicted molar refractivity (Wildman–Crippen MR) is 81.0 cm³/mol. The lowest BCUT2D eigenvalue weighted by Crippen LogP contribution is -2.40. The van der Waals surface area contributed by atoms with Crippen LogP contribution >= 0.6 is 0 Å². The minimum Gasteiger partial charge on any atom is -0.460 e. The Bertz CT molecular complexity index is 736. The maximum atomic E-state index is 12.8. The van der Waals surface area contributed by atoms with Crippen molar-refractivity contribution >= 4 is 5.91 Å². The molecule has 1 aliphatic rings. The fourth-order valence-corrected chi connectivity index (χ4v) is 2.57. The van der Waals surface area contributed by atoms with Crippen LogP contribution in [0.15, 0.2) is 29.3 Å². The molecule has 2 N–H and O–H groups in total. The zero-order chi connectivity index (χ0) is 16.9. The Labute approximate surface area is 136 Å². The van der Waals surface area contributed by atoms with Gasteiger partial charge >= 0.3 is 6.01 Å². The first-order valence-electron chi connectivity index (χ1n) is 7.61. The van der Waals surface area contributed by atoms with Crippen LogP contribution < -0.4 is 15.6 Å². The van der Waals surface area contributed by atoms with Crippen LogP contribution in [0.25, 0.3) is 0 Å². The quantitative estimate of drug-likeness (QED) is 0.857. The molecule has 1 amide bonds. The first-order valence-corrected chi connectivity index (χ1v) is 7.61. The molecule has 0 unspecified atom stereocenters. The number of carbonyl (C=O) groups is 1. The second-order valence-corrected chi connectivity index (χ2v) is 5.56. The fourth-order valence-electron chi connectivity index (χ4n) is 2.57. The largest absolute Gasteiger partial charge is 0.460 e. The molecule has 0 aliphatic heterocycles. The summed E-state index contributed by atoms with van der Waals surface area (Å²) in [6, 6.07) is 2.81. The molecule has 24 heavy (non-hydrogen) atoms. The van der Waals surface area contributed by atoms with Crippen LogP contribution in [0.3, 0.4) is 0 Å². The highest BCUT2D eigenvalue weighted by Crippen LogP contribution is 2.22. The van der Waals surface area contributed by atoms with Crippen LogP contribution in [-0.4, -0.2) is 38.2 Å². The van der Waals surface area contributed by atoms with Crippen LogP contribution in [0.4, 0.5) is 4.39 Å². The molecule has 1 fully saturated rings. The second kappa shape index (κ2) is 7.16. The number of carbonyl (C=O) groups excluding carboxylic acids is 1. The highest BCUT2D eigenvalue weighted by molar-refractivity contribution is 5.92. The standard InChI is InChI=1S/C15H16FN5O3/c16-9-7-17-15(18-8-9)24-11-3-1-10(2-4-11)19-14(23)12-5-6-13(22)21-20-12/h5-8,10-11H,1-4H2,(H,19,23)(H,21,22). The Morgan fingerprint density at radius 3 is 2.54 bits per heavy atom. The van der Waals surface area contributed by atoms with Gasteiger partial charge in [-0.05, 0) is 31.7 Å². The first-order chi connectivity index (χ1) is 11.6. The Morgan fingerprint density at radius 1 is 1.21 bits per heavy atom. The molecular weight excluding hydrogens is 317 g/mol. The van der Waals surface area contributed by atoms with E-state index in [0.29, 0.717) is 0 Å². The number of H-pyrrole nitrogens is 1. The Morgan fingerprint density at radius 2 is 1.92 bits per heavy atom. The molecule has 1 aliphatic carbocycles. The lowest BCUT2D eigenvalue weighted by Gasteiger charge is -2.28. The molecule has 8 nitrogen and oxygen atoms in total. The summed E-state index contributed by atoms with van der Waals surface area (Å²) >= 11 is 0. The van der Waals surface area contributed by atoms with Gasteiger partial charge in [0.2, 0.25) is 0 Å². The number of aromatic nitrogens is 4. The molecular formula is C15H16FN5O3. The summed E-state index contributed by atoms with van der Waals surface area (Å²) in [7, 11) is 0. The first kappa shape index (κ1) is 16.0. The number of amides is 1. The Hall–Kier alpha value is -2.84. The third-order valence-electron chi connectivity index (χ3n) is 3.79. The van der Waals surface area contributed by atoms with Crippen molar-refractivity contribution in [3.8, 4) is 6.01 Å². The van der Waals surface area contributed by atoms with Gasteiger partial charge in [0.15, 0.2) is 5.82 Å². The molecule has 1 saturated carbocycles. The summed E-state index contributed by atoms with van der Waals surface area (Å²) in [5, 5.41) is 8.82. The molecule has 0 spiro atoms. The summed E-state index contributed by atoms with van der Waals surface area (Å²) in [6.07, 6.45) is 4.99. The van der Waals surface area contributed by atoms with Crippen LogP contribution in [0.1, 0.15) is 36.2 Å². The van der Waals surface area contributed by atoms with E-state index in [0.717, 1.165) is 38.1 Å². The van der Waals surface area contributed by atoms with Crippen molar-refractivity contribution in [2.45, 2.75) is 37.8 Å². The third kappa shape index (κ3) is 4.12. The van der Waals surface area contributed by atoms with Gasteiger partial charge in [-0.3, -0.25) is 9.59 Å². The molecule has 3 rings (SSSR count). The van der Waals surface area contributed by atoms with Crippen molar-refractivity contribution in [3.05, 3.63) is 46.4 Å². The average Bonchev–Trinajstić information content (AvgIpc) is 2.59. The maximum absolute atomic E-state index is 12.8. The minimum absolute atomic E-state index is 0.0141. The van der Waals surface area contributed by atoms with Gasteiger partial charge in [-0.2, -0.15) is 5.10 Å². The van der Waals surface area contributed by atoms with Crippen LogP contribution in [0.2, 0.25) is 0 Å². The van der Waals surface area contributed by atoms with E-state index in [4.69, 9.17) is 4.74 Å². The van der Waals surface area contributed by atoms with E-state index in [1.165, 1.54) is 12.1 Å². The summed E-state index contributed by atoms with van der Waals surface area (Å²) in [5.41, 5.74) is -0.181. The van der Waals surface area contributed by atoms with Crippen LogP contribution in [0.5, 0.6) is 6.01 Å². The number of hydrogen-bond acceptors (Lipinski definition) is 6. The van der Waals surface area contributed by atoms with Crippen LogP contribution in [0, 0.1) is 5.82 Å². The fraction of sp³-hybridized carbons (Fsp3) is 0.400. The molecule has 2 aromatic rings. The van der Waals surface area contributed by atoms with Gasteiger partial charge in [-0.25, -0.2) is 19.5 Å². The molecule has 9 heteroatoms. The number of nitrogens with zero attached hydrogens (tertiary/aromatic N) is 3. The number of ether oxygens (including phenoxy) is 1. The Balaban J connectivity index is 1.48. The van der Waals surface area contributed by atoms with E-state index < -0.39 is 5.82 Å². The van der Waals surface area contributed by atoms with Gasteiger partial charge < -0.3 is 10.1 Å². The van der Waals surface area contributed by atoms with Gasteiger partial charge in [0.25, 0.3) is 11.5 Å². The molecule has 2 heterocycles. The number of rotatable bonds is 4. The summed E-state index contributed by atoms with van der Waals surface area (Å²) in [6.45, 7) is 0. The van der Waals surface area contributed by atoms with E-state index in [9.17, 15) is 14.0 Å². The number of hydrogen-bond donors (Lipinski definition) is 2. The van der Waals surface area contributed by atoms with Crippen molar-refractivity contribution in [2.75, 3.05) is 0 Å². The Kier molecular flexibility index (Phi) is 4.78. The molecule has 0 atom stereocenters. The number of nitrogens with one attached hydrogen (secondary N) is 2. The molecule has 0 aromatic carbocycles. The number of aromatic amines is 1. The monoisotopic (exact) mass is 333 g/mol. The average molecular weight is 333 g/mol. The lowest BCUT2D eigenvalue weighted by atomic mass is 9.93. The molecule has 0 saturated heterocycles. The van der Waals surface area contributed by atoms with E-state index >= 15 is 0 Å². The van der Waals surface area contributed by atoms with E-state index in [2.05, 4.69) is 25.5 Å². The second-order valence-electron chi connectivity index (χ2n) is 5.56. The predicted octanol–water partition coefficient (Wildman–Crippen LogP) is 0.819. The topological polar surface area (TPSA) is 110 Å². The molecule has 0 radical (unpaired) electrons. The summed E-state index contributed by atoms with van der Waals surface area (Å²) < 4.78 is 18.4. The van der Waals surface area contributed by atoms with Crippen molar-refractivity contribution < 1.29 is 13.9 Å². The van der Waals surface area contributed by atoms with E-state index in [1.807, 2.05) is 0 Å². The normalized spacial score (nSPS) is 20.4. The highest BCUT2D eigenvalue weighted by Gasteiger charge is 2.24. The zero-order valence-corrected chi connectivity index (χ0v) is 12.7. The zero-order valence-electron chi connectivity index (χ0n) is 12.7. The van der Waals surface area contributed by atoms with Gasteiger partial charge in [-0.15, -0.1) is 0 Å². The highest BCUT2D eigenvalue weighted by atomic mass is 19.1. The lowest BCUT2D eigenvalue weighted by molar-refractivity contribution is 0.0879. The molecule has 2 aromatic heterocycles. The summed E-state index contributed by atoms with van der Waals surface area (Å²) in [5.74, 6) is -0.831. The van der Waals surface area contributed by atoms with Crippen molar-refractivity contribution in [3.63, 3.8) is 0 Å². The third-order valence-corrected chi connectivity index (χ3v) is 3.79.